The summed E-state index contributed by atoms with van der Waals surface area (Å²) in [5, 5.41) is 12.0. The SMILES string of the molecule is Cc1cccc(C(C)Nc2cccc(OCC#N)c2)c1. The molecule has 0 heterocycles. The molecule has 0 aliphatic rings. The molecule has 3 nitrogen and oxygen atoms in total. The molecule has 0 saturated carbocycles. The molecule has 0 radical (unpaired) electrons. The summed E-state index contributed by atoms with van der Waals surface area (Å²) in [4.78, 5) is 0. The lowest BCUT2D eigenvalue weighted by atomic mass is 10.1. The Morgan fingerprint density at radius 1 is 1.20 bits per heavy atom. The van der Waals surface area contributed by atoms with E-state index in [-0.39, 0.29) is 12.6 Å². The topological polar surface area (TPSA) is 45.0 Å². The fourth-order valence-electron chi connectivity index (χ4n) is 2.06. The van der Waals surface area contributed by atoms with E-state index in [1.165, 1.54) is 11.1 Å². The average Bonchev–Trinajstić information content (AvgIpc) is 2.45. The number of anilines is 1. The highest BCUT2D eigenvalue weighted by Gasteiger charge is 2.06. The molecule has 1 unspecified atom stereocenters. The summed E-state index contributed by atoms with van der Waals surface area (Å²) in [6.45, 7) is 4.28. The number of aryl methyl sites for hydroxylation is 1. The minimum Gasteiger partial charge on any atom is -0.479 e. The standard InChI is InChI=1S/C17H18N2O/c1-13-5-3-6-15(11-13)14(2)19-16-7-4-8-17(12-16)20-10-9-18/h3-8,11-12,14,19H,10H2,1-2H3. The number of nitriles is 1. The van der Waals surface area contributed by atoms with Crippen molar-refractivity contribution < 1.29 is 4.74 Å². The van der Waals surface area contributed by atoms with Gasteiger partial charge in [0.15, 0.2) is 6.61 Å². The van der Waals surface area contributed by atoms with Crippen LogP contribution in [0.25, 0.3) is 0 Å². The summed E-state index contributed by atoms with van der Waals surface area (Å²) in [7, 11) is 0. The maximum absolute atomic E-state index is 8.53. The quantitative estimate of drug-likeness (QED) is 0.887. The van der Waals surface area contributed by atoms with Gasteiger partial charge in [0.2, 0.25) is 0 Å². The zero-order chi connectivity index (χ0) is 14.4. The summed E-state index contributed by atoms with van der Waals surface area (Å²) in [5.41, 5.74) is 3.48. The summed E-state index contributed by atoms with van der Waals surface area (Å²) in [6, 6.07) is 18.3. The van der Waals surface area contributed by atoms with Crippen molar-refractivity contribution in [2.24, 2.45) is 0 Å². The Morgan fingerprint density at radius 2 is 2.00 bits per heavy atom. The minimum atomic E-state index is 0.0664. The van der Waals surface area contributed by atoms with Gasteiger partial charge in [0.25, 0.3) is 0 Å². The molecular weight excluding hydrogens is 248 g/mol. The molecule has 0 aromatic heterocycles. The molecule has 20 heavy (non-hydrogen) atoms. The highest BCUT2D eigenvalue weighted by molar-refractivity contribution is 5.50. The normalized spacial score (nSPS) is 11.4. The molecule has 0 saturated heterocycles. The monoisotopic (exact) mass is 266 g/mol. The third-order valence-electron chi connectivity index (χ3n) is 3.06. The van der Waals surface area contributed by atoms with Crippen LogP contribution in [-0.4, -0.2) is 6.61 Å². The average molecular weight is 266 g/mol. The molecule has 0 bridgehead atoms. The second kappa shape index (κ2) is 6.63. The molecule has 102 valence electrons. The lowest BCUT2D eigenvalue weighted by Crippen LogP contribution is -2.06. The van der Waals surface area contributed by atoms with Crippen molar-refractivity contribution in [3.05, 3.63) is 59.7 Å². The minimum absolute atomic E-state index is 0.0664. The van der Waals surface area contributed by atoms with E-state index in [0.29, 0.717) is 5.75 Å². The van der Waals surface area contributed by atoms with Crippen LogP contribution in [0, 0.1) is 18.3 Å². The van der Waals surface area contributed by atoms with Gasteiger partial charge in [-0.3, -0.25) is 0 Å². The van der Waals surface area contributed by atoms with E-state index < -0.39 is 0 Å². The molecule has 1 atom stereocenters. The first-order valence-corrected chi connectivity index (χ1v) is 6.62. The molecule has 0 aliphatic carbocycles. The van der Waals surface area contributed by atoms with Crippen LogP contribution < -0.4 is 10.1 Å². The van der Waals surface area contributed by atoms with Crippen molar-refractivity contribution in [3.63, 3.8) is 0 Å². The van der Waals surface area contributed by atoms with E-state index in [1.54, 1.807) is 0 Å². The fourth-order valence-corrected chi connectivity index (χ4v) is 2.06. The molecule has 1 N–H and O–H groups in total. The van der Waals surface area contributed by atoms with Gasteiger partial charge in [-0.05, 0) is 31.5 Å². The number of nitrogens with zero attached hydrogens (tertiary/aromatic N) is 1. The molecule has 3 heteroatoms. The van der Waals surface area contributed by atoms with Crippen LogP contribution in [0.1, 0.15) is 24.1 Å². The molecule has 0 fully saturated rings. The zero-order valence-corrected chi connectivity index (χ0v) is 11.8. The van der Waals surface area contributed by atoms with Crippen molar-refractivity contribution >= 4 is 5.69 Å². The van der Waals surface area contributed by atoms with Crippen molar-refractivity contribution in [1.29, 1.82) is 5.26 Å². The summed E-state index contributed by atoms with van der Waals surface area (Å²) >= 11 is 0. The predicted octanol–water partition coefficient (Wildman–Crippen LogP) is 4.07. The first kappa shape index (κ1) is 14.0. The highest BCUT2D eigenvalue weighted by Crippen LogP contribution is 2.23. The molecule has 2 rings (SSSR count). The van der Waals surface area contributed by atoms with Crippen LogP contribution in [0.5, 0.6) is 5.75 Å². The maximum Gasteiger partial charge on any atom is 0.174 e. The van der Waals surface area contributed by atoms with Crippen LogP contribution in [0.2, 0.25) is 0 Å². The van der Waals surface area contributed by atoms with Gasteiger partial charge in [-0.2, -0.15) is 5.26 Å². The van der Waals surface area contributed by atoms with E-state index in [1.807, 2.05) is 30.3 Å². The second-order valence-electron chi connectivity index (χ2n) is 4.75. The van der Waals surface area contributed by atoms with E-state index in [0.717, 1.165) is 5.69 Å². The van der Waals surface area contributed by atoms with E-state index in [2.05, 4.69) is 43.4 Å². The van der Waals surface area contributed by atoms with Crippen molar-refractivity contribution in [3.8, 4) is 11.8 Å². The number of hydrogen-bond acceptors (Lipinski definition) is 3. The van der Waals surface area contributed by atoms with E-state index in [4.69, 9.17) is 10.00 Å². The Labute approximate surface area is 119 Å². The van der Waals surface area contributed by atoms with Gasteiger partial charge in [0.05, 0.1) is 0 Å². The van der Waals surface area contributed by atoms with Gasteiger partial charge in [0, 0.05) is 17.8 Å². The molecule has 0 aliphatic heterocycles. The number of nitrogens with one attached hydrogen (secondary N) is 1. The van der Waals surface area contributed by atoms with Crippen LogP contribution in [0.3, 0.4) is 0 Å². The summed E-state index contributed by atoms with van der Waals surface area (Å²) < 4.78 is 5.30. The highest BCUT2D eigenvalue weighted by atomic mass is 16.5. The molecule has 0 spiro atoms. The van der Waals surface area contributed by atoms with Crippen LogP contribution in [0.15, 0.2) is 48.5 Å². The van der Waals surface area contributed by atoms with Gasteiger partial charge in [0.1, 0.15) is 11.8 Å². The number of ether oxygens (including phenoxy) is 1. The lowest BCUT2D eigenvalue weighted by Gasteiger charge is -2.16. The lowest BCUT2D eigenvalue weighted by molar-refractivity contribution is 0.368. The van der Waals surface area contributed by atoms with E-state index >= 15 is 0 Å². The predicted molar refractivity (Wildman–Crippen MR) is 80.8 cm³/mol. The molecular formula is C17H18N2O. The Bertz CT molecular complexity index is 616. The molecule has 2 aromatic carbocycles. The van der Waals surface area contributed by atoms with Crippen molar-refractivity contribution in [1.82, 2.24) is 0 Å². The van der Waals surface area contributed by atoms with Crippen molar-refractivity contribution in [2.75, 3.05) is 11.9 Å². The first-order chi connectivity index (χ1) is 9.69. The van der Waals surface area contributed by atoms with Gasteiger partial charge in [-0.1, -0.05) is 35.9 Å². The number of benzene rings is 2. The number of rotatable bonds is 5. The van der Waals surface area contributed by atoms with Gasteiger partial charge < -0.3 is 10.1 Å². The maximum atomic E-state index is 8.53. The molecule has 0 amide bonds. The third-order valence-corrected chi connectivity index (χ3v) is 3.06. The van der Waals surface area contributed by atoms with Crippen LogP contribution in [0.4, 0.5) is 5.69 Å². The summed E-state index contributed by atoms with van der Waals surface area (Å²) in [5.74, 6) is 0.702. The Balaban J connectivity index is 2.08. The Morgan fingerprint density at radius 3 is 2.75 bits per heavy atom. The van der Waals surface area contributed by atoms with Crippen LogP contribution >= 0.6 is 0 Å². The Hall–Kier alpha value is -2.47. The van der Waals surface area contributed by atoms with Crippen molar-refractivity contribution in [2.45, 2.75) is 19.9 Å². The number of hydrogen-bond donors (Lipinski definition) is 1. The largest absolute Gasteiger partial charge is 0.479 e. The zero-order valence-electron chi connectivity index (χ0n) is 11.8. The van der Waals surface area contributed by atoms with Gasteiger partial charge in [-0.15, -0.1) is 0 Å². The van der Waals surface area contributed by atoms with Crippen LogP contribution in [-0.2, 0) is 0 Å². The third kappa shape index (κ3) is 3.76. The Kier molecular flexibility index (Phi) is 4.62. The van der Waals surface area contributed by atoms with Gasteiger partial charge >= 0.3 is 0 Å². The van der Waals surface area contributed by atoms with Gasteiger partial charge in [-0.25, -0.2) is 0 Å². The van der Waals surface area contributed by atoms with E-state index in [9.17, 15) is 0 Å². The molecule has 2 aromatic rings. The smallest absolute Gasteiger partial charge is 0.174 e. The first-order valence-electron chi connectivity index (χ1n) is 6.62. The summed E-state index contributed by atoms with van der Waals surface area (Å²) in [6.07, 6.45) is 0. The second-order valence-corrected chi connectivity index (χ2v) is 4.75. The fraction of sp³-hybridized carbons (Fsp3) is 0.235.